The fourth-order valence-electron chi connectivity index (χ4n) is 1.98. The molecule has 0 radical (unpaired) electrons. The maximum atomic E-state index is 11.7. The molecule has 3 aromatic rings. The van der Waals surface area contributed by atoms with Crippen LogP contribution in [0.4, 0.5) is 0 Å². The van der Waals surface area contributed by atoms with Crippen molar-refractivity contribution >= 4 is 39.1 Å². The second kappa shape index (κ2) is 5.84. The number of fused-ring (bicyclic) bond motifs is 1. The van der Waals surface area contributed by atoms with E-state index in [-0.39, 0.29) is 5.97 Å². The molecule has 3 rings (SSSR count). The first kappa shape index (κ1) is 14.0. The first-order chi connectivity index (χ1) is 10.2. The first-order valence-corrected chi connectivity index (χ1v) is 7.70. The molecule has 0 bridgehead atoms. The number of ether oxygens (including phenoxy) is 1. The van der Waals surface area contributed by atoms with Crippen molar-refractivity contribution in [2.24, 2.45) is 0 Å². The van der Waals surface area contributed by atoms with Gasteiger partial charge in [0.1, 0.15) is 5.01 Å². The third-order valence-corrected chi connectivity index (χ3v) is 4.31. The van der Waals surface area contributed by atoms with Crippen LogP contribution in [0.2, 0.25) is 5.02 Å². The molecule has 2 aromatic carbocycles. The van der Waals surface area contributed by atoms with Crippen molar-refractivity contribution in [2.45, 2.75) is 6.92 Å². The molecule has 5 heteroatoms. The number of hydrogen-bond acceptors (Lipinski definition) is 4. The number of benzene rings is 2. The minimum atomic E-state index is -0.305. The number of rotatable bonds is 3. The maximum absolute atomic E-state index is 11.7. The van der Waals surface area contributed by atoms with Crippen LogP contribution >= 0.6 is 22.9 Å². The van der Waals surface area contributed by atoms with Gasteiger partial charge in [-0.3, -0.25) is 0 Å². The van der Waals surface area contributed by atoms with Crippen molar-refractivity contribution in [3.05, 3.63) is 53.1 Å². The quantitative estimate of drug-likeness (QED) is 0.652. The number of thiazole rings is 1. The molecule has 0 N–H and O–H groups in total. The summed E-state index contributed by atoms with van der Waals surface area (Å²) < 4.78 is 5.98. The number of aromatic nitrogens is 1. The Morgan fingerprint density at radius 3 is 2.71 bits per heavy atom. The monoisotopic (exact) mass is 317 g/mol. The number of halogens is 1. The maximum Gasteiger partial charge on any atom is 0.338 e. The zero-order valence-corrected chi connectivity index (χ0v) is 12.9. The van der Waals surface area contributed by atoms with Crippen LogP contribution in [0.3, 0.4) is 0 Å². The zero-order chi connectivity index (χ0) is 14.8. The Hall–Kier alpha value is -1.91. The molecule has 0 fully saturated rings. The Morgan fingerprint density at radius 1 is 1.24 bits per heavy atom. The van der Waals surface area contributed by atoms with Crippen molar-refractivity contribution in [3.8, 4) is 10.6 Å². The highest BCUT2D eigenvalue weighted by Gasteiger charge is 2.11. The van der Waals surface area contributed by atoms with Crippen molar-refractivity contribution in [1.29, 1.82) is 0 Å². The summed E-state index contributed by atoms with van der Waals surface area (Å²) in [6.07, 6.45) is 0. The lowest BCUT2D eigenvalue weighted by Crippen LogP contribution is -2.03. The molecule has 0 amide bonds. The van der Waals surface area contributed by atoms with E-state index in [1.807, 2.05) is 36.4 Å². The predicted octanol–water partition coefficient (Wildman–Crippen LogP) is 4.79. The third kappa shape index (κ3) is 2.91. The van der Waals surface area contributed by atoms with Gasteiger partial charge in [0, 0.05) is 10.6 Å². The SMILES string of the molecule is CCOC(=O)c1ccc2nc(-c3ccc(Cl)cc3)sc2c1. The summed E-state index contributed by atoms with van der Waals surface area (Å²) in [4.78, 5) is 16.3. The molecule has 1 heterocycles. The van der Waals surface area contributed by atoms with Gasteiger partial charge in [-0.15, -0.1) is 11.3 Å². The average molecular weight is 318 g/mol. The molecule has 1 aromatic heterocycles. The van der Waals surface area contributed by atoms with Crippen LogP contribution < -0.4 is 0 Å². The van der Waals surface area contributed by atoms with Crippen LogP contribution in [0.1, 0.15) is 17.3 Å². The van der Waals surface area contributed by atoms with Crippen LogP contribution in [0, 0.1) is 0 Å². The summed E-state index contributed by atoms with van der Waals surface area (Å²) in [7, 11) is 0. The second-order valence-corrected chi connectivity index (χ2v) is 5.90. The number of carbonyl (C=O) groups excluding carboxylic acids is 1. The summed E-state index contributed by atoms with van der Waals surface area (Å²) in [5, 5.41) is 1.60. The van der Waals surface area contributed by atoms with Gasteiger partial charge < -0.3 is 4.74 Å². The average Bonchev–Trinajstić information content (AvgIpc) is 2.91. The molecule has 0 spiro atoms. The molecule has 3 nitrogen and oxygen atoms in total. The molecular formula is C16H12ClNO2S. The summed E-state index contributed by atoms with van der Waals surface area (Å²) in [5.74, 6) is -0.305. The molecule has 0 saturated carbocycles. The molecule has 0 aliphatic rings. The van der Waals surface area contributed by atoms with E-state index >= 15 is 0 Å². The van der Waals surface area contributed by atoms with Gasteiger partial charge in [0.05, 0.1) is 22.4 Å². The van der Waals surface area contributed by atoms with Crippen molar-refractivity contribution in [3.63, 3.8) is 0 Å². The van der Waals surface area contributed by atoms with E-state index in [1.54, 1.807) is 24.3 Å². The lowest BCUT2D eigenvalue weighted by molar-refractivity contribution is 0.0526. The smallest absolute Gasteiger partial charge is 0.338 e. The summed E-state index contributed by atoms with van der Waals surface area (Å²) in [6.45, 7) is 2.16. The minimum absolute atomic E-state index is 0.305. The second-order valence-electron chi connectivity index (χ2n) is 4.43. The standard InChI is InChI=1S/C16H12ClNO2S/c1-2-20-16(19)11-5-8-13-14(9-11)21-15(18-13)10-3-6-12(17)7-4-10/h3-9H,2H2,1H3. The van der Waals surface area contributed by atoms with E-state index in [2.05, 4.69) is 4.98 Å². The van der Waals surface area contributed by atoms with Crippen LogP contribution in [0.25, 0.3) is 20.8 Å². The molecule has 0 saturated heterocycles. The topological polar surface area (TPSA) is 39.2 Å². The van der Waals surface area contributed by atoms with Crippen LogP contribution in [0.15, 0.2) is 42.5 Å². The van der Waals surface area contributed by atoms with Crippen molar-refractivity contribution < 1.29 is 9.53 Å². The summed E-state index contributed by atoms with van der Waals surface area (Å²) >= 11 is 7.44. The Labute approximate surface area is 131 Å². The number of carbonyl (C=O) groups is 1. The van der Waals surface area contributed by atoms with Gasteiger partial charge in [-0.1, -0.05) is 23.7 Å². The predicted molar refractivity (Wildman–Crippen MR) is 86.0 cm³/mol. The molecule has 106 valence electrons. The van der Waals surface area contributed by atoms with E-state index in [0.29, 0.717) is 17.2 Å². The van der Waals surface area contributed by atoms with E-state index in [4.69, 9.17) is 16.3 Å². The van der Waals surface area contributed by atoms with E-state index in [9.17, 15) is 4.79 Å². The van der Waals surface area contributed by atoms with Gasteiger partial charge in [-0.05, 0) is 37.3 Å². The molecule has 0 aliphatic carbocycles. The number of esters is 1. The lowest BCUT2D eigenvalue weighted by Gasteiger charge is -2.00. The normalized spacial score (nSPS) is 10.8. The third-order valence-electron chi connectivity index (χ3n) is 2.99. The van der Waals surface area contributed by atoms with Gasteiger partial charge >= 0.3 is 5.97 Å². The van der Waals surface area contributed by atoms with Gasteiger partial charge in [0.15, 0.2) is 0 Å². The van der Waals surface area contributed by atoms with E-state index < -0.39 is 0 Å². The Bertz CT molecular complexity index is 796. The molecule has 0 aliphatic heterocycles. The Balaban J connectivity index is 2.00. The van der Waals surface area contributed by atoms with Gasteiger partial charge in [0.25, 0.3) is 0 Å². The van der Waals surface area contributed by atoms with Crippen molar-refractivity contribution in [1.82, 2.24) is 4.98 Å². The highest BCUT2D eigenvalue weighted by atomic mass is 35.5. The van der Waals surface area contributed by atoms with E-state index in [0.717, 1.165) is 20.8 Å². The van der Waals surface area contributed by atoms with Gasteiger partial charge in [0.2, 0.25) is 0 Å². The summed E-state index contributed by atoms with van der Waals surface area (Å²) in [6, 6.07) is 13.0. The van der Waals surface area contributed by atoms with Crippen molar-refractivity contribution in [2.75, 3.05) is 6.61 Å². The Kier molecular flexibility index (Phi) is 3.90. The Morgan fingerprint density at radius 2 is 2.00 bits per heavy atom. The summed E-state index contributed by atoms with van der Waals surface area (Å²) in [5.41, 5.74) is 2.44. The molecular weight excluding hydrogens is 306 g/mol. The van der Waals surface area contributed by atoms with Crippen LogP contribution in [0.5, 0.6) is 0 Å². The van der Waals surface area contributed by atoms with Crippen LogP contribution in [-0.2, 0) is 4.74 Å². The molecule has 21 heavy (non-hydrogen) atoms. The molecule has 0 unspecified atom stereocenters. The highest BCUT2D eigenvalue weighted by molar-refractivity contribution is 7.21. The highest BCUT2D eigenvalue weighted by Crippen LogP contribution is 2.31. The fraction of sp³-hybridized carbons (Fsp3) is 0.125. The minimum Gasteiger partial charge on any atom is -0.462 e. The fourth-order valence-corrected chi connectivity index (χ4v) is 3.12. The van der Waals surface area contributed by atoms with E-state index in [1.165, 1.54) is 0 Å². The van der Waals surface area contributed by atoms with Crippen LogP contribution in [-0.4, -0.2) is 17.6 Å². The molecule has 0 atom stereocenters. The zero-order valence-electron chi connectivity index (χ0n) is 11.3. The van der Waals surface area contributed by atoms with Gasteiger partial charge in [-0.25, -0.2) is 9.78 Å². The number of nitrogens with zero attached hydrogens (tertiary/aromatic N) is 1. The first-order valence-electron chi connectivity index (χ1n) is 6.51. The lowest BCUT2D eigenvalue weighted by atomic mass is 10.2. The van der Waals surface area contributed by atoms with Gasteiger partial charge in [-0.2, -0.15) is 0 Å². The largest absolute Gasteiger partial charge is 0.462 e. The number of hydrogen-bond donors (Lipinski definition) is 0.